The van der Waals surface area contributed by atoms with E-state index in [4.69, 9.17) is 21.1 Å². The Bertz CT molecular complexity index is 1770. The van der Waals surface area contributed by atoms with Crippen LogP contribution in [0.25, 0.3) is 22.0 Å². The van der Waals surface area contributed by atoms with Gasteiger partial charge in [-0.1, -0.05) is 17.7 Å². The Morgan fingerprint density at radius 2 is 1.93 bits per heavy atom. The number of hydrogen-bond acceptors (Lipinski definition) is 8. The van der Waals surface area contributed by atoms with Crippen molar-refractivity contribution in [3.63, 3.8) is 0 Å². The molecule has 0 spiro atoms. The van der Waals surface area contributed by atoms with Gasteiger partial charge in [0.1, 0.15) is 11.3 Å². The Hall–Kier alpha value is -3.92. The molecule has 0 radical (unpaired) electrons. The second-order valence-corrected chi connectivity index (χ2v) is 11.3. The van der Waals surface area contributed by atoms with Gasteiger partial charge < -0.3 is 14.8 Å². The molecule has 1 aliphatic rings. The summed E-state index contributed by atoms with van der Waals surface area (Å²) in [6.07, 6.45) is 1.16. The highest BCUT2D eigenvalue weighted by Gasteiger charge is 2.27. The minimum atomic E-state index is -4.53. The summed E-state index contributed by atoms with van der Waals surface area (Å²) in [6, 6.07) is 5.06. The van der Waals surface area contributed by atoms with Gasteiger partial charge in [-0.05, 0) is 24.3 Å². The van der Waals surface area contributed by atoms with Crippen LogP contribution in [0, 0.1) is 17.5 Å². The number of methoxy groups -OCH3 is 1. The van der Waals surface area contributed by atoms with Gasteiger partial charge in [0, 0.05) is 43.3 Å². The molecule has 2 aromatic carbocycles. The molecule has 0 aliphatic carbocycles. The van der Waals surface area contributed by atoms with E-state index in [0.717, 1.165) is 43.6 Å². The van der Waals surface area contributed by atoms with Crippen molar-refractivity contribution in [3.8, 4) is 17.0 Å². The number of nitrogens with one attached hydrogen (secondary N) is 3. The van der Waals surface area contributed by atoms with Crippen molar-refractivity contribution >= 4 is 44.1 Å². The first-order chi connectivity index (χ1) is 20.1. The zero-order valence-corrected chi connectivity index (χ0v) is 23.6. The molecule has 1 aliphatic heterocycles. The number of aromatic nitrogens is 3. The number of nitrogens with zero attached hydrogens (tertiary/aromatic N) is 3. The third-order valence-electron chi connectivity index (χ3n) is 6.58. The Morgan fingerprint density at radius 3 is 2.67 bits per heavy atom. The van der Waals surface area contributed by atoms with Crippen LogP contribution in [0.5, 0.6) is 5.88 Å². The Kier molecular flexibility index (Phi) is 8.54. The Morgan fingerprint density at radius 1 is 1.17 bits per heavy atom. The van der Waals surface area contributed by atoms with Crippen LogP contribution in [-0.2, 0) is 14.8 Å². The molecule has 2 aromatic heterocycles. The van der Waals surface area contributed by atoms with Crippen LogP contribution in [0.15, 0.2) is 41.4 Å². The van der Waals surface area contributed by atoms with E-state index in [1.165, 1.54) is 13.2 Å². The number of carbonyl (C=O) groups excluding carboxylic acids is 1. The van der Waals surface area contributed by atoms with Crippen LogP contribution in [0.3, 0.4) is 0 Å². The highest BCUT2D eigenvalue weighted by atomic mass is 35.5. The van der Waals surface area contributed by atoms with Gasteiger partial charge in [-0.15, -0.1) is 0 Å². The maximum Gasteiger partial charge on any atom is 0.272 e. The number of morpholine rings is 1. The van der Waals surface area contributed by atoms with Gasteiger partial charge in [0.05, 0.1) is 36.6 Å². The molecule has 16 heteroatoms. The highest BCUT2D eigenvalue weighted by molar-refractivity contribution is 7.92. The average molecular weight is 625 g/mol. The number of halogens is 4. The number of hydrogen-bond donors (Lipinski definition) is 3. The Balaban J connectivity index is 1.42. The fourth-order valence-electron chi connectivity index (χ4n) is 4.49. The third kappa shape index (κ3) is 5.86. The SMILES string of the molecule is COc1ncc(Cl)cc1S(=O)(=O)Nc1ccc(F)c(-c2ccc3c(C(=O)NCCN4CCOCC4)n[nH]c3c2F)c1F. The molecule has 222 valence electrons. The van der Waals surface area contributed by atoms with Crippen molar-refractivity contribution in [2.24, 2.45) is 0 Å². The first-order valence-electron chi connectivity index (χ1n) is 12.6. The molecule has 3 N–H and O–H groups in total. The number of H-pyrrole nitrogens is 1. The molecule has 0 unspecified atom stereocenters. The number of carbonyl (C=O) groups is 1. The standard InChI is InChI=1S/C26H24ClF3N6O5S/c1-40-26-19(12-14(27)13-32-26)42(38,39)35-18-5-4-17(28)20(22(18)30)15-2-3-16-23(21(15)29)33-34-24(16)25(37)31-6-7-36-8-10-41-11-9-36/h2-5,12-13,35H,6-11H2,1H3,(H,31,37)(H,33,34). The van der Waals surface area contributed by atoms with E-state index in [2.05, 4.69) is 25.4 Å². The lowest BCUT2D eigenvalue weighted by Crippen LogP contribution is -2.41. The fourth-order valence-corrected chi connectivity index (χ4v) is 5.92. The molecule has 0 bridgehead atoms. The minimum Gasteiger partial charge on any atom is -0.480 e. The molecule has 3 heterocycles. The zero-order valence-electron chi connectivity index (χ0n) is 22.0. The van der Waals surface area contributed by atoms with Gasteiger partial charge in [-0.2, -0.15) is 5.10 Å². The first kappa shape index (κ1) is 29.6. The van der Waals surface area contributed by atoms with E-state index in [9.17, 15) is 17.6 Å². The molecule has 42 heavy (non-hydrogen) atoms. The number of anilines is 1. The summed E-state index contributed by atoms with van der Waals surface area (Å²) in [5.41, 5.74) is -2.38. The monoisotopic (exact) mass is 624 g/mol. The van der Waals surface area contributed by atoms with Gasteiger partial charge in [0.15, 0.2) is 22.2 Å². The number of aromatic amines is 1. The molecule has 11 nitrogen and oxygen atoms in total. The largest absolute Gasteiger partial charge is 0.480 e. The lowest BCUT2D eigenvalue weighted by atomic mass is 10.0. The van der Waals surface area contributed by atoms with Gasteiger partial charge in [0.2, 0.25) is 5.88 Å². The summed E-state index contributed by atoms with van der Waals surface area (Å²) in [5, 5.41) is 9.12. The number of benzene rings is 2. The lowest BCUT2D eigenvalue weighted by molar-refractivity contribution is 0.0383. The van der Waals surface area contributed by atoms with Crippen LogP contribution < -0.4 is 14.8 Å². The molecule has 0 saturated carbocycles. The van der Waals surface area contributed by atoms with Crippen molar-refractivity contribution in [3.05, 3.63) is 64.7 Å². The van der Waals surface area contributed by atoms with Crippen LogP contribution in [-0.4, -0.2) is 80.9 Å². The van der Waals surface area contributed by atoms with Crippen LogP contribution in [0.1, 0.15) is 10.5 Å². The third-order valence-corrected chi connectivity index (χ3v) is 8.15. The molecule has 0 atom stereocenters. The number of amides is 1. The molecule has 1 fully saturated rings. The van der Waals surface area contributed by atoms with E-state index in [1.54, 1.807) is 0 Å². The van der Waals surface area contributed by atoms with Crippen molar-refractivity contribution in [2.75, 3.05) is 51.2 Å². The van der Waals surface area contributed by atoms with Crippen molar-refractivity contribution < 1.29 is 35.9 Å². The molecule has 4 aromatic rings. The van der Waals surface area contributed by atoms with Gasteiger partial charge in [0.25, 0.3) is 15.9 Å². The number of rotatable bonds is 9. The molecule has 5 rings (SSSR count). The fraction of sp³-hybridized carbons (Fsp3) is 0.269. The number of sulfonamides is 1. The van der Waals surface area contributed by atoms with Crippen LogP contribution >= 0.6 is 11.6 Å². The van der Waals surface area contributed by atoms with E-state index in [1.807, 2.05) is 4.72 Å². The number of ether oxygens (including phenoxy) is 2. The summed E-state index contributed by atoms with van der Waals surface area (Å²) in [4.78, 5) is 18.1. The second kappa shape index (κ2) is 12.1. The topological polar surface area (TPSA) is 139 Å². The van der Waals surface area contributed by atoms with Gasteiger partial charge in [-0.25, -0.2) is 26.6 Å². The summed E-state index contributed by atoms with van der Waals surface area (Å²) >= 11 is 5.87. The summed E-state index contributed by atoms with van der Waals surface area (Å²) in [7, 11) is -3.35. The molecule has 1 amide bonds. The maximum atomic E-state index is 15.6. The average Bonchev–Trinajstić information content (AvgIpc) is 3.41. The minimum absolute atomic E-state index is 0.0310. The second-order valence-electron chi connectivity index (χ2n) is 9.18. The van der Waals surface area contributed by atoms with Crippen molar-refractivity contribution in [1.82, 2.24) is 25.4 Å². The van der Waals surface area contributed by atoms with Crippen molar-refractivity contribution in [1.29, 1.82) is 0 Å². The van der Waals surface area contributed by atoms with Gasteiger partial charge >= 0.3 is 0 Å². The van der Waals surface area contributed by atoms with Gasteiger partial charge in [-0.3, -0.25) is 19.5 Å². The normalized spacial score (nSPS) is 14.2. The van der Waals surface area contributed by atoms with E-state index in [-0.39, 0.29) is 27.5 Å². The molecular weight excluding hydrogens is 601 g/mol. The zero-order chi connectivity index (χ0) is 30.0. The van der Waals surface area contributed by atoms with Crippen LogP contribution in [0.2, 0.25) is 5.02 Å². The summed E-state index contributed by atoms with van der Waals surface area (Å²) < 4.78 is 84.4. The number of fused-ring (bicyclic) bond motifs is 1. The summed E-state index contributed by atoms with van der Waals surface area (Å²) in [5.74, 6) is -4.50. The van der Waals surface area contributed by atoms with Crippen LogP contribution in [0.4, 0.5) is 18.9 Å². The summed E-state index contributed by atoms with van der Waals surface area (Å²) in [6.45, 7) is 3.64. The van der Waals surface area contributed by atoms with E-state index in [0.29, 0.717) is 26.3 Å². The van der Waals surface area contributed by atoms with Crippen molar-refractivity contribution in [2.45, 2.75) is 4.90 Å². The smallest absolute Gasteiger partial charge is 0.272 e. The highest BCUT2D eigenvalue weighted by Crippen LogP contribution is 2.36. The van der Waals surface area contributed by atoms with E-state index < -0.39 is 55.1 Å². The molecule has 1 saturated heterocycles. The molecular formula is C26H24ClF3N6O5S. The predicted molar refractivity (Wildman–Crippen MR) is 148 cm³/mol. The lowest BCUT2D eigenvalue weighted by Gasteiger charge is -2.26. The predicted octanol–water partition coefficient (Wildman–Crippen LogP) is 3.57. The number of pyridine rings is 1. The quantitative estimate of drug-likeness (QED) is 0.257. The van der Waals surface area contributed by atoms with E-state index >= 15 is 8.78 Å². The first-order valence-corrected chi connectivity index (χ1v) is 14.4. The maximum absolute atomic E-state index is 15.6. The Labute approximate surface area is 243 Å².